The molecule has 0 aliphatic carbocycles. The molecule has 3 heterocycles. The number of aryl methyl sites for hydroxylation is 1. The molecule has 9 nitrogen and oxygen atoms in total. The van der Waals surface area contributed by atoms with E-state index in [0.717, 1.165) is 5.56 Å². The third-order valence-electron chi connectivity index (χ3n) is 5.70. The van der Waals surface area contributed by atoms with Crippen LogP contribution in [0.15, 0.2) is 34.0 Å². The van der Waals surface area contributed by atoms with Crippen LogP contribution < -0.4 is 21.5 Å². The van der Waals surface area contributed by atoms with Crippen LogP contribution in [0.5, 0.6) is 0 Å². The summed E-state index contributed by atoms with van der Waals surface area (Å²) in [6.07, 6.45) is -0.226. The van der Waals surface area contributed by atoms with Crippen molar-refractivity contribution in [2.24, 2.45) is 0 Å². The van der Waals surface area contributed by atoms with Crippen LogP contribution in [0.2, 0.25) is 0 Å². The number of hydrogen-bond donors (Lipinski definition) is 3. The van der Waals surface area contributed by atoms with Gasteiger partial charge in [-0.2, -0.15) is 0 Å². The minimum Gasteiger partial charge on any atom is -0.390 e. The van der Waals surface area contributed by atoms with Gasteiger partial charge < -0.3 is 24.8 Å². The molecule has 0 bridgehead atoms. The predicted molar refractivity (Wildman–Crippen MR) is 112 cm³/mol. The Bertz CT molecular complexity index is 1030. The molecule has 2 aromatic rings. The lowest BCUT2D eigenvalue weighted by Gasteiger charge is -2.29. The zero-order valence-corrected chi connectivity index (χ0v) is 17.3. The molecule has 168 valence electrons. The summed E-state index contributed by atoms with van der Waals surface area (Å²) in [4.78, 5) is 27.8. The molecule has 0 unspecified atom stereocenters. The van der Waals surface area contributed by atoms with Crippen LogP contribution in [0.4, 0.5) is 10.1 Å². The maximum absolute atomic E-state index is 14.3. The van der Waals surface area contributed by atoms with E-state index >= 15 is 0 Å². The molecule has 10 heteroatoms. The number of aromatic amines is 1. The second kappa shape index (κ2) is 9.31. The lowest BCUT2D eigenvalue weighted by Crippen LogP contribution is -2.37. The number of aromatic nitrogens is 2. The quantitative estimate of drug-likeness (QED) is 0.598. The number of H-pyrrole nitrogens is 1. The summed E-state index contributed by atoms with van der Waals surface area (Å²) in [6, 6.07) is 5.01. The zero-order valence-electron chi connectivity index (χ0n) is 17.3. The molecule has 0 saturated carbocycles. The maximum Gasteiger partial charge on any atom is 0.330 e. The van der Waals surface area contributed by atoms with E-state index in [1.54, 1.807) is 13.0 Å². The van der Waals surface area contributed by atoms with Crippen molar-refractivity contribution in [1.82, 2.24) is 14.9 Å². The average molecular weight is 434 g/mol. The topological polar surface area (TPSA) is 109 Å². The Hall–Kier alpha value is -2.53. The largest absolute Gasteiger partial charge is 0.390 e. The molecule has 2 aliphatic rings. The highest BCUT2D eigenvalue weighted by Crippen LogP contribution is 2.27. The SMILES string of the molecule is Cc1cn([C@H]2C[C@H](O)[C@@H](CNCc3ccc(F)c(N4CCOCC4)c3)O2)c(=O)[nH]c1=O. The first-order valence-corrected chi connectivity index (χ1v) is 10.4. The predicted octanol–water partition coefficient (Wildman–Crippen LogP) is 0.259. The molecule has 0 spiro atoms. The van der Waals surface area contributed by atoms with Crippen molar-refractivity contribution in [1.29, 1.82) is 0 Å². The first-order valence-electron chi connectivity index (χ1n) is 10.4. The van der Waals surface area contributed by atoms with Crippen molar-refractivity contribution in [3.8, 4) is 0 Å². The number of anilines is 1. The van der Waals surface area contributed by atoms with Gasteiger partial charge in [0.15, 0.2) is 0 Å². The van der Waals surface area contributed by atoms with E-state index in [9.17, 15) is 19.1 Å². The van der Waals surface area contributed by atoms with E-state index in [1.165, 1.54) is 16.8 Å². The van der Waals surface area contributed by atoms with Crippen LogP contribution in [0.25, 0.3) is 0 Å². The summed E-state index contributed by atoms with van der Waals surface area (Å²) >= 11 is 0. The molecule has 2 saturated heterocycles. The van der Waals surface area contributed by atoms with Crippen molar-refractivity contribution in [3.05, 3.63) is 62.2 Å². The van der Waals surface area contributed by atoms with Gasteiger partial charge in [0.1, 0.15) is 12.0 Å². The van der Waals surface area contributed by atoms with Crippen LogP contribution in [0.3, 0.4) is 0 Å². The molecule has 31 heavy (non-hydrogen) atoms. The Kier molecular flexibility index (Phi) is 6.51. The highest BCUT2D eigenvalue weighted by molar-refractivity contribution is 5.50. The van der Waals surface area contributed by atoms with Gasteiger partial charge in [0.25, 0.3) is 5.56 Å². The van der Waals surface area contributed by atoms with Gasteiger partial charge in [0, 0.05) is 44.4 Å². The molecule has 0 radical (unpaired) electrons. The fourth-order valence-electron chi connectivity index (χ4n) is 3.94. The zero-order chi connectivity index (χ0) is 22.0. The third-order valence-corrected chi connectivity index (χ3v) is 5.70. The highest BCUT2D eigenvalue weighted by Gasteiger charge is 2.35. The van der Waals surface area contributed by atoms with Crippen molar-refractivity contribution in [3.63, 3.8) is 0 Å². The summed E-state index contributed by atoms with van der Waals surface area (Å²) in [7, 11) is 0. The Balaban J connectivity index is 1.35. The van der Waals surface area contributed by atoms with Crippen LogP contribution in [-0.4, -0.2) is 59.7 Å². The molecule has 0 amide bonds. The first kappa shape index (κ1) is 21.7. The van der Waals surface area contributed by atoms with Crippen molar-refractivity contribution in [2.45, 2.75) is 38.3 Å². The van der Waals surface area contributed by atoms with E-state index in [2.05, 4.69) is 10.3 Å². The fourth-order valence-corrected chi connectivity index (χ4v) is 3.94. The van der Waals surface area contributed by atoms with Crippen LogP contribution >= 0.6 is 0 Å². The number of halogens is 1. The smallest absolute Gasteiger partial charge is 0.330 e. The Morgan fingerprint density at radius 1 is 1.29 bits per heavy atom. The molecule has 2 fully saturated rings. The normalized spacial score (nSPS) is 24.0. The average Bonchev–Trinajstić information content (AvgIpc) is 3.12. The second-order valence-electron chi connectivity index (χ2n) is 7.93. The number of hydrogen-bond acceptors (Lipinski definition) is 7. The van der Waals surface area contributed by atoms with Crippen LogP contribution in [-0.2, 0) is 16.0 Å². The van der Waals surface area contributed by atoms with Gasteiger partial charge >= 0.3 is 5.69 Å². The van der Waals surface area contributed by atoms with Gasteiger partial charge in [-0.1, -0.05) is 6.07 Å². The van der Waals surface area contributed by atoms with E-state index < -0.39 is 29.7 Å². The van der Waals surface area contributed by atoms with Crippen molar-refractivity contribution < 1.29 is 19.0 Å². The maximum atomic E-state index is 14.3. The third kappa shape index (κ3) is 4.87. The molecule has 4 rings (SSSR count). The molecule has 2 aliphatic heterocycles. The van der Waals surface area contributed by atoms with Gasteiger partial charge in [0.05, 0.1) is 31.1 Å². The summed E-state index contributed by atoms with van der Waals surface area (Å²) < 4.78 is 26.7. The highest BCUT2D eigenvalue weighted by atomic mass is 19.1. The summed E-state index contributed by atoms with van der Waals surface area (Å²) in [6.45, 7) is 4.91. The molecular weight excluding hydrogens is 407 g/mol. The summed E-state index contributed by atoms with van der Waals surface area (Å²) in [5.74, 6) is -0.260. The minimum absolute atomic E-state index is 0.246. The van der Waals surface area contributed by atoms with E-state index in [0.29, 0.717) is 50.6 Å². The van der Waals surface area contributed by atoms with Gasteiger partial charge in [-0.05, 0) is 24.6 Å². The monoisotopic (exact) mass is 434 g/mol. The standard InChI is InChI=1S/C21H27FN4O5/c1-13-12-26(21(29)24-20(13)28)19-9-17(27)18(31-19)11-23-10-14-2-3-15(22)16(8-14)25-4-6-30-7-5-25/h2-3,8,12,17-19,23,27H,4-7,9-11H2,1H3,(H,24,28,29)/t17-,18+,19+/m0/s1. The number of nitrogens with one attached hydrogen (secondary N) is 2. The van der Waals surface area contributed by atoms with Gasteiger partial charge in [0.2, 0.25) is 0 Å². The Labute approximate surface area is 178 Å². The van der Waals surface area contributed by atoms with E-state index in [1.807, 2.05) is 11.0 Å². The van der Waals surface area contributed by atoms with E-state index in [-0.39, 0.29) is 12.2 Å². The second-order valence-corrected chi connectivity index (χ2v) is 7.93. The minimum atomic E-state index is -0.756. The van der Waals surface area contributed by atoms with Crippen molar-refractivity contribution >= 4 is 5.69 Å². The molecule has 3 atom stereocenters. The number of benzene rings is 1. The van der Waals surface area contributed by atoms with Gasteiger partial charge in [-0.25, -0.2) is 9.18 Å². The lowest BCUT2D eigenvalue weighted by molar-refractivity contribution is -0.0194. The first-order chi connectivity index (χ1) is 14.9. The summed E-state index contributed by atoms with van der Waals surface area (Å²) in [5.41, 5.74) is 0.871. The molecule has 1 aromatic heterocycles. The Morgan fingerprint density at radius 2 is 2.06 bits per heavy atom. The fraction of sp³-hybridized carbons (Fsp3) is 0.524. The molecular formula is C21H27FN4O5. The number of aliphatic hydroxyl groups excluding tert-OH is 1. The number of rotatable bonds is 6. The molecule has 1 aromatic carbocycles. The number of nitrogens with zero attached hydrogens (tertiary/aromatic N) is 2. The van der Waals surface area contributed by atoms with Crippen LogP contribution in [0, 0.1) is 12.7 Å². The number of ether oxygens (including phenoxy) is 2. The Morgan fingerprint density at radius 3 is 2.84 bits per heavy atom. The van der Waals surface area contributed by atoms with E-state index in [4.69, 9.17) is 9.47 Å². The molecule has 3 N–H and O–H groups in total. The van der Waals surface area contributed by atoms with Crippen LogP contribution in [0.1, 0.15) is 23.8 Å². The number of aliphatic hydroxyl groups is 1. The number of morpholine rings is 1. The lowest BCUT2D eigenvalue weighted by atomic mass is 10.1. The summed E-state index contributed by atoms with van der Waals surface area (Å²) in [5, 5.41) is 13.6. The van der Waals surface area contributed by atoms with Crippen molar-refractivity contribution in [2.75, 3.05) is 37.7 Å². The van der Waals surface area contributed by atoms with Gasteiger partial charge in [-0.3, -0.25) is 14.3 Å². The van der Waals surface area contributed by atoms with Gasteiger partial charge in [-0.15, -0.1) is 0 Å².